The topological polar surface area (TPSA) is 66.4 Å². The SMILES string of the molecule is CC(C)CC1=CN(C(=O)c2cc(-c3ccc(F)cc3)o[n+]2C)C(CC(C)C)C(=O)N1. The fourth-order valence-corrected chi connectivity index (χ4v) is 3.59. The van der Waals surface area contributed by atoms with Crippen molar-refractivity contribution in [1.29, 1.82) is 0 Å². The van der Waals surface area contributed by atoms with Crippen molar-refractivity contribution < 1.29 is 23.2 Å². The smallest absolute Gasteiger partial charge is 0.327 e. The van der Waals surface area contributed by atoms with Gasteiger partial charge in [-0.25, -0.2) is 8.91 Å². The molecule has 30 heavy (non-hydrogen) atoms. The summed E-state index contributed by atoms with van der Waals surface area (Å²) in [5.41, 5.74) is 1.71. The molecule has 3 rings (SSSR count). The Bertz CT molecular complexity index is 961. The van der Waals surface area contributed by atoms with Crippen LogP contribution in [0.3, 0.4) is 0 Å². The highest BCUT2D eigenvalue weighted by Gasteiger charge is 2.38. The van der Waals surface area contributed by atoms with Crippen LogP contribution in [0.4, 0.5) is 4.39 Å². The highest BCUT2D eigenvalue weighted by atomic mass is 19.1. The van der Waals surface area contributed by atoms with E-state index in [0.717, 1.165) is 5.70 Å². The normalized spacial score (nSPS) is 16.8. The van der Waals surface area contributed by atoms with Gasteiger partial charge in [0, 0.05) is 17.5 Å². The molecule has 0 radical (unpaired) electrons. The molecule has 0 saturated carbocycles. The molecule has 0 spiro atoms. The zero-order chi connectivity index (χ0) is 22.0. The molecule has 2 aromatic rings. The van der Waals surface area contributed by atoms with Crippen molar-refractivity contribution in [1.82, 2.24) is 10.2 Å². The standard InChI is InChI=1S/C23H28FN3O3/c1-14(2)10-18-13-27(19(11-15(3)4)22(28)25-18)23(29)20-12-21(30-26(20)5)16-6-8-17(24)9-7-16/h6-9,12-15,19H,10-11H2,1-5H3/p+1. The predicted octanol–water partition coefficient (Wildman–Crippen LogP) is 3.78. The van der Waals surface area contributed by atoms with Crippen molar-refractivity contribution in [3.05, 3.63) is 53.7 Å². The van der Waals surface area contributed by atoms with Gasteiger partial charge in [0.2, 0.25) is 11.7 Å². The second kappa shape index (κ2) is 8.81. The van der Waals surface area contributed by atoms with E-state index in [9.17, 15) is 14.0 Å². The van der Waals surface area contributed by atoms with Crippen LogP contribution in [0.1, 0.15) is 51.0 Å². The van der Waals surface area contributed by atoms with Crippen LogP contribution in [0, 0.1) is 17.7 Å². The summed E-state index contributed by atoms with van der Waals surface area (Å²) in [6.45, 7) is 8.16. The number of carbonyl (C=O) groups excluding carboxylic acids is 2. The van der Waals surface area contributed by atoms with Crippen LogP contribution in [-0.4, -0.2) is 22.8 Å². The number of hydrogen-bond donors (Lipinski definition) is 1. The molecule has 0 aliphatic carbocycles. The van der Waals surface area contributed by atoms with E-state index in [1.165, 1.54) is 21.8 Å². The minimum Gasteiger partial charge on any atom is -0.327 e. The van der Waals surface area contributed by atoms with Gasteiger partial charge in [0.25, 0.3) is 0 Å². The number of hydrogen-bond acceptors (Lipinski definition) is 3. The van der Waals surface area contributed by atoms with E-state index in [1.54, 1.807) is 31.4 Å². The molecule has 6 nitrogen and oxygen atoms in total. The van der Waals surface area contributed by atoms with Gasteiger partial charge in [-0.2, -0.15) is 0 Å². The molecule has 1 aromatic heterocycles. The van der Waals surface area contributed by atoms with Gasteiger partial charge in [-0.1, -0.05) is 27.7 Å². The molecule has 1 aliphatic rings. The first kappa shape index (κ1) is 21.7. The van der Waals surface area contributed by atoms with Gasteiger partial charge in [-0.15, -0.1) is 0 Å². The molecule has 0 bridgehead atoms. The number of allylic oxidation sites excluding steroid dienone is 1. The van der Waals surface area contributed by atoms with Crippen molar-refractivity contribution >= 4 is 11.8 Å². The van der Waals surface area contributed by atoms with E-state index in [1.807, 2.05) is 13.8 Å². The molecule has 1 aliphatic heterocycles. The number of halogens is 1. The molecule has 1 unspecified atom stereocenters. The Hall–Kier alpha value is -2.96. The molecule has 7 heteroatoms. The monoisotopic (exact) mass is 414 g/mol. The molecular weight excluding hydrogens is 385 g/mol. The number of aryl methyl sites for hydroxylation is 1. The maximum Gasteiger partial charge on any atom is 0.327 e. The lowest BCUT2D eigenvalue weighted by Gasteiger charge is -2.33. The third kappa shape index (κ3) is 4.78. The van der Waals surface area contributed by atoms with Crippen LogP contribution in [0.15, 0.2) is 46.8 Å². The summed E-state index contributed by atoms with van der Waals surface area (Å²) in [6, 6.07) is 6.92. The maximum absolute atomic E-state index is 13.4. The zero-order valence-electron chi connectivity index (χ0n) is 18.1. The second-order valence-electron chi connectivity index (χ2n) is 8.59. The van der Waals surface area contributed by atoms with Gasteiger partial charge in [0.1, 0.15) is 11.9 Å². The third-order valence-electron chi connectivity index (χ3n) is 4.96. The first-order valence-electron chi connectivity index (χ1n) is 10.3. The van der Waals surface area contributed by atoms with Crippen molar-refractivity contribution in [2.24, 2.45) is 18.9 Å². The van der Waals surface area contributed by atoms with E-state index < -0.39 is 6.04 Å². The van der Waals surface area contributed by atoms with Crippen molar-refractivity contribution in [3.8, 4) is 11.3 Å². The van der Waals surface area contributed by atoms with Crippen molar-refractivity contribution in [3.63, 3.8) is 0 Å². The number of carbonyl (C=O) groups is 2. The number of nitrogens with one attached hydrogen (secondary N) is 1. The summed E-state index contributed by atoms with van der Waals surface area (Å²) in [5.74, 6) is 0.212. The van der Waals surface area contributed by atoms with Gasteiger partial charge in [-0.3, -0.25) is 14.5 Å². The number of amides is 2. The van der Waals surface area contributed by atoms with Crippen LogP contribution in [-0.2, 0) is 11.8 Å². The Morgan fingerprint density at radius 3 is 2.47 bits per heavy atom. The molecule has 0 fully saturated rings. The van der Waals surface area contributed by atoms with E-state index in [4.69, 9.17) is 4.52 Å². The maximum atomic E-state index is 13.4. The summed E-state index contributed by atoms with van der Waals surface area (Å²) in [6.07, 6.45) is 2.97. The Kier molecular flexibility index (Phi) is 6.39. The number of benzene rings is 1. The summed E-state index contributed by atoms with van der Waals surface area (Å²) >= 11 is 0. The minimum atomic E-state index is -0.586. The first-order valence-corrected chi connectivity index (χ1v) is 10.3. The Balaban J connectivity index is 1.97. The molecule has 1 aromatic carbocycles. The molecule has 2 amide bonds. The predicted molar refractivity (Wildman–Crippen MR) is 110 cm³/mol. The highest BCUT2D eigenvalue weighted by molar-refractivity contribution is 5.97. The molecule has 2 heterocycles. The molecule has 160 valence electrons. The molecule has 1 N–H and O–H groups in total. The average molecular weight is 415 g/mol. The molecular formula is C23H29FN3O3+. The van der Waals surface area contributed by atoms with E-state index in [0.29, 0.717) is 35.8 Å². The van der Waals surface area contributed by atoms with Crippen molar-refractivity contribution in [2.75, 3.05) is 0 Å². The number of nitrogens with zero attached hydrogens (tertiary/aromatic N) is 2. The number of aromatic nitrogens is 1. The average Bonchev–Trinajstić information content (AvgIpc) is 3.04. The van der Waals surface area contributed by atoms with Crippen molar-refractivity contribution in [2.45, 2.75) is 46.6 Å². The summed E-state index contributed by atoms with van der Waals surface area (Å²) in [7, 11) is 1.64. The molecule has 0 saturated heterocycles. The van der Waals surface area contributed by atoms with Gasteiger partial charge in [0.15, 0.2) is 7.05 Å². The fourth-order valence-electron chi connectivity index (χ4n) is 3.59. The van der Waals surface area contributed by atoms with Gasteiger partial charge >= 0.3 is 11.6 Å². The lowest BCUT2D eigenvalue weighted by atomic mass is 9.98. The second-order valence-corrected chi connectivity index (χ2v) is 8.59. The largest absolute Gasteiger partial charge is 0.327 e. The van der Waals surface area contributed by atoms with E-state index >= 15 is 0 Å². The summed E-state index contributed by atoms with van der Waals surface area (Å²) < 4.78 is 20.3. The van der Waals surface area contributed by atoms with Crippen LogP contribution >= 0.6 is 0 Å². The first-order chi connectivity index (χ1) is 14.2. The Morgan fingerprint density at radius 1 is 1.20 bits per heavy atom. The highest BCUT2D eigenvalue weighted by Crippen LogP contribution is 2.25. The van der Waals surface area contributed by atoms with Gasteiger partial charge in [-0.05, 0) is 53.7 Å². The zero-order valence-corrected chi connectivity index (χ0v) is 18.1. The van der Waals surface area contributed by atoms with Crippen LogP contribution in [0.25, 0.3) is 11.3 Å². The number of rotatable bonds is 6. The van der Waals surface area contributed by atoms with Crippen LogP contribution < -0.4 is 10.1 Å². The van der Waals surface area contributed by atoms with Crippen LogP contribution in [0.2, 0.25) is 0 Å². The Morgan fingerprint density at radius 2 is 1.87 bits per heavy atom. The van der Waals surface area contributed by atoms with Crippen LogP contribution in [0.5, 0.6) is 0 Å². The third-order valence-corrected chi connectivity index (χ3v) is 4.96. The summed E-state index contributed by atoms with van der Waals surface area (Å²) in [4.78, 5) is 27.8. The van der Waals surface area contributed by atoms with Gasteiger partial charge < -0.3 is 5.32 Å². The van der Waals surface area contributed by atoms with E-state index in [2.05, 4.69) is 19.2 Å². The molecule has 1 atom stereocenters. The lowest BCUT2D eigenvalue weighted by Crippen LogP contribution is -2.53. The summed E-state index contributed by atoms with van der Waals surface area (Å²) in [5, 5.41) is 2.95. The minimum absolute atomic E-state index is 0.167. The van der Waals surface area contributed by atoms with E-state index in [-0.39, 0.29) is 23.5 Å². The lowest BCUT2D eigenvalue weighted by molar-refractivity contribution is -0.844. The van der Waals surface area contributed by atoms with Gasteiger partial charge in [0.05, 0.1) is 6.07 Å². The Labute approximate surface area is 176 Å². The fraction of sp³-hybridized carbons (Fsp3) is 0.435. The quantitative estimate of drug-likeness (QED) is 0.732.